The number of nitrogens with zero attached hydrogens (tertiary/aromatic N) is 1. The molecule has 2 aliphatic heterocycles. The molecule has 1 N–H and O–H groups in total. The molecule has 2 aliphatic rings. The molecule has 0 aliphatic carbocycles. The Bertz CT molecular complexity index is 621. The average Bonchev–Trinajstić information content (AvgIpc) is 3.07. The molecule has 1 spiro atoms. The van der Waals surface area contributed by atoms with Gasteiger partial charge < -0.3 is 10.2 Å². The van der Waals surface area contributed by atoms with E-state index in [1.165, 1.54) is 30.4 Å². The van der Waals surface area contributed by atoms with Crippen LogP contribution in [0, 0.1) is 5.41 Å². The minimum atomic E-state index is -0.191. The second kappa shape index (κ2) is 7.43. The van der Waals surface area contributed by atoms with Gasteiger partial charge in [0.05, 0.1) is 0 Å². The predicted molar refractivity (Wildman–Crippen MR) is 98.0 cm³/mol. The van der Waals surface area contributed by atoms with Crippen molar-refractivity contribution in [2.45, 2.75) is 25.8 Å². The zero-order valence-electron chi connectivity index (χ0n) is 13.9. The number of hydrogen-bond acceptors (Lipinski definition) is 3. The fraction of sp³-hybridized carbons (Fsp3) is 0.474. The molecule has 0 bridgehead atoms. The van der Waals surface area contributed by atoms with E-state index >= 15 is 0 Å². The third kappa shape index (κ3) is 3.83. The van der Waals surface area contributed by atoms with Crippen molar-refractivity contribution in [2.75, 3.05) is 24.6 Å². The minimum absolute atomic E-state index is 0.132. The number of benzene rings is 1. The lowest BCUT2D eigenvalue weighted by Gasteiger charge is -2.40. The van der Waals surface area contributed by atoms with Gasteiger partial charge in [-0.25, -0.2) is 0 Å². The van der Waals surface area contributed by atoms with E-state index < -0.39 is 0 Å². The number of hydrogen-bond donors (Lipinski definition) is 1. The Kier molecular flexibility index (Phi) is 5.29. The number of rotatable bonds is 4. The van der Waals surface area contributed by atoms with E-state index in [-0.39, 0.29) is 11.8 Å². The highest BCUT2D eigenvalue weighted by Crippen LogP contribution is 2.43. The Hall–Kier alpha value is -1.75. The average molecular weight is 344 g/mol. The Morgan fingerprint density at radius 3 is 2.75 bits per heavy atom. The van der Waals surface area contributed by atoms with Gasteiger partial charge in [0.25, 0.3) is 5.91 Å². The van der Waals surface area contributed by atoms with Crippen molar-refractivity contribution in [1.82, 2.24) is 10.2 Å². The van der Waals surface area contributed by atoms with Crippen LogP contribution >= 0.6 is 11.8 Å². The molecule has 24 heavy (non-hydrogen) atoms. The number of carbonyl (C=O) groups is 2. The van der Waals surface area contributed by atoms with Gasteiger partial charge in [-0.3, -0.25) is 9.59 Å². The van der Waals surface area contributed by atoms with Crippen LogP contribution in [0.4, 0.5) is 0 Å². The highest BCUT2D eigenvalue weighted by Gasteiger charge is 2.39. The molecule has 3 rings (SSSR count). The molecule has 1 aromatic rings. The van der Waals surface area contributed by atoms with Crippen molar-refractivity contribution < 1.29 is 9.59 Å². The van der Waals surface area contributed by atoms with Crippen molar-refractivity contribution in [2.24, 2.45) is 5.41 Å². The van der Waals surface area contributed by atoms with E-state index in [4.69, 9.17) is 0 Å². The first-order valence-electron chi connectivity index (χ1n) is 8.48. The Morgan fingerprint density at radius 1 is 1.29 bits per heavy atom. The third-order valence-corrected chi connectivity index (χ3v) is 6.30. The summed E-state index contributed by atoms with van der Waals surface area (Å²) in [6.45, 7) is 5.64. The number of piperidine rings is 1. The number of amides is 2. The van der Waals surface area contributed by atoms with Crippen LogP contribution in [0.3, 0.4) is 0 Å². The van der Waals surface area contributed by atoms with Gasteiger partial charge in [-0.1, -0.05) is 18.7 Å². The standard InChI is InChI=1S/C19H24N2O2S/c1-2-17(22)20-12-15-4-6-16(7-5-15)18(23)21-10-3-8-19(13-21)9-11-24-14-19/h2,4-7H,1,3,8-14H2,(H,20,22). The van der Waals surface area contributed by atoms with Gasteiger partial charge in [0.2, 0.25) is 5.91 Å². The van der Waals surface area contributed by atoms with Crippen LogP contribution < -0.4 is 5.32 Å². The third-order valence-electron chi connectivity index (χ3n) is 4.99. The lowest BCUT2D eigenvalue weighted by Crippen LogP contribution is -2.46. The molecule has 0 saturated carbocycles. The maximum absolute atomic E-state index is 12.8. The largest absolute Gasteiger partial charge is 0.348 e. The monoisotopic (exact) mass is 344 g/mol. The number of likely N-dealkylation sites (tertiary alicyclic amines) is 1. The van der Waals surface area contributed by atoms with Crippen LogP contribution in [-0.4, -0.2) is 41.3 Å². The molecule has 0 radical (unpaired) electrons. The van der Waals surface area contributed by atoms with Crippen molar-refractivity contribution >= 4 is 23.6 Å². The summed E-state index contributed by atoms with van der Waals surface area (Å²) < 4.78 is 0. The molecule has 1 unspecified atom stereocenters. The maximum atomic E-state index is 12.8. The Morgan fingerprint density at radius 2 is 2.08 bits per heavy atom. The van der Waals surface area contributed by atoms with E-state index in [1.807, 2.05) is 40.9 Å². The predicted octanol–water partition coefficient (Wildman–Crippen LogP) is 2.85. The lowest BCUT2D eigenvalue weighted by molar-refractivity contribution is -0.116. The minimum Gasteiger partial charge on any atom is -0.348 e. The van der Waals surface area contributed by atoms with Crippen LogP contribution in [-0.2, 0) is 11.3 Å². The van der Waals surface area contributed by atoms with E-state index in [2.05, 4.69) is 11.9 Å². The molecular weight excluding hydrogens is 320 g/mol. The first-order valence-corrected chi connectivity index (χ1v) is 9.64. The first-order chi connectivity index (χ1) is 11.6. The highest BCUT2D eigenvalue weighted by molar-refractivity contribution is 7.99. The van der Waals surface area contributed by atoms with Gasteiger partial charge in [-0.15, -0.1) is 0 Å². The summed E-state index contributed by atoms with van der Waals surface area (Å²) in [7, 11) is 0. The summed E-state index contributed by atoms with van der Waals surface area (Å²) in [5.41, 5.74) is 2.06. The van der Waals surface area contributed by atoms with Gasteiger partial charge in [0, 0.05) is 31.0 Å². The molecule has 4 nitrogen and oxygen atoms in total. The van der Waals surface area contributed by atoms with Crippen molar-refractivity contribution in [1.29, 1.82) is 0 Å². The zero-order valence-corrected chi connectivity index (χ0v) is 14.7. The zero-order chi connectivity index (χ0) is 17.0. The van der Waals surface area contributed by atoms with Crippen LogP contribution in [0.1, 0.15) is 35.2 Å². The van der Waals surface area contributed by atoms with E-state index in [0.29, 0.717) is 12.0 Å². The van der Waals surface area contributed by atoms with Crippen LogP contribution in [0.25, 0.3) is 0 Å². The Balaban J connectivity index is 1.62. The molecule has 2 amide bonds. The summed E-state index contributed by atoms with van der Waals surface area (Å²) in [4.78, 5) is 26.0. The molecule has 5 heteroatoms. The normalized spacial score (nSPS) is 23.2. The van der Waals surface area contributed by atoms with Gasteiger partial charge in [0.15, 0.2) is 0 Å². The highest BCUT2D eigenvalue weighted by atomic mass is 32.2. The van der Waals surface area contributed by atoms with Gasteiger partial charge in [0.1, 0.15) is 0 Å². The summed E-state index contributed by atoms with van der Waals surface area (Å²) in [6.07, 6.45) is 4.86. The van der Waals surface area contributed by atoms with E-state index in [1.54, 1.807) is 0 Å². The number of thioether (sulfide) groups is 1. The van der Waals surface area contributed by atoms with Gasteiger partial charge in [-0.2, -0.15) is 11.8 Å². The summed E-state index contributed by atoms with van der Waals surface area (Å²) in [5, 5.41) is 2.74. The van der Waals surface area contributed by atoms with Crippen molar-refractivity contribution in [3.05, 3.63) is 48.0 Å². The second-order valence-electron chi connectivity index (χ2n) is 6.75. The van der Waals surface area contributed by atoms with Crippen LogP contribution in [0.5, 0.6) is 0 Å². The summed E-state index contributed by atoms with van der Waals surface area (Å²) >= 11 is 2.02. The van der Waals surface area contributed by atoms with E-state index in [0.717, 1.165) is 30.6 Å². The topological polar surface area (TPSA) is 49.4 Å². The lowest BCUT2D eigenvalue weighted by atomic mass is 9.79. The maximum Gasteiger partial charge on any atom is 0.253 e. The second-order valence-corrected chi connectivity index (χ2v) is 7.86. The summed E-state index contributed by atoms with van der Waals surface area (Å²) in [6, 6.07) is 7.54. The van der Waals surface area contributed by atoms with Crippen molar-refractivity contribution in [3.8, 4) is 0 Å². The van der Waals surface area contributed by atoms with E-state index in [9.17, 15) is 9.59 Å². The van der Waals surface area contributed by atoms with Crippen LogP contribution in [0.15, 0.2) is 36.9 Å². The van der Waals surface area contributed by atoms with Gasteiger partial charge in [-0.05, 0) is 54.2 Å². The molecular formula is C19H24N2O2S. The molecule has 128 valence electrons. The fourth-order valence-corrected chi connectivity index (χ4v) is 5.10. The first kappa shape index (κ1) is 17.1. The van der Waals surface area contributed by atoms with Gasteiger partial charge >= 0.3 is 0 Å². The fourth-order valence-electron chi connectivity index (χ4n) is 3.56. The molecule has 0 aromatic heterocycles. The molecule has 2 heterocycles. The summed E-state index contributed by atoms with van der Waals surface area (Å²) in [5.74, 6) is 2.36. The number of carbonyl (C=O) groups excluding carboxylic acids is 2. The molecule has 2 saturated heterocycles. The smallest absolute Gasteiger partial charge is 0.253 e. The number of nitrogens with one attached hydrogen (secondary N) is 1. The Labute approximate surface area is 147 Å². The molecule has 1 aromatic carbocycles. The quantitative estimate of drug-likeness (QED) is 0.855. The van der Waals surface area contributed by atoms with Crippen LogP contribution in [0.2, 0.25) is 0 Å². The molecule has 1 atom stereocenters. The SMILES string of the molecule is C=CC(=O)NCc1ccc(C(=O)N2CCCC3(CCSC3)C2)cc1. The molecule has 2 fully saturated rings. The van der Waals surface area contributed by atoms with Crippen molar-refractivity contribution in [3.63, 3.8) is 0 Å².